The topological polar surface area (TPSA) is 39.7 Å². The van der Waals surface area contributed by atoms with E-state index < -0.39 is 0 Å². The van der Waals surface area contributed by atoms with Gasteiger partial charge >= 0.3 is 0 Å². The standard InChI is InChI=1S/C18H28N4OS/c1-20(2)12-15-10-14-11-21(17(23)9-13-3-4-13)7-5-16(14)22(15)18-19-6-8-24-18/h6,8,13-16H,3-5,7,9-12H2,1-2H3/t14-,15+,16+/m1/s1. The van der Waals surface area contributed by atoms with Gasteiger partial charge in [-0.3, -0.25) is 4.79 Å². The van der Waals surface area contributed by atoms with Gasteiger partial charge in [-0.15, -0.1) is 11.3 Å². The van der Waals surface area contributed by atoms with Gasteiger partial charge in [0, 0.05) is 49.7 Å². The predicted octanol–water partition coefficient (Wildman–Crippen LogP) is 2.30. The molecule has 0 N–H and O–H groups in total. The van der Waals surface area contributed by atoms with Crippen LogP contribution in [0.25, 0.3) is 0 Å². The van der Waals surface area contributed by atoms with E-state index in [4.69, 9.17) is 0 Å². The fraction of sp³-hybridized carbons (Fsp3) is 0.778. The Balaban J connectivity index is 1.47. The fourth-order valence-corrected chi connectivity index (χ4v) is 5.27. The molecule has 3 heterocycles. The maximum Gasteiger partial charge on any atom is 0.222 e. The van der Waals surface area contributed by atoms with Gasteiger partial charge in [-0.25, -0.2) is 4.98 Å². The van der Waals surface area contributed by atoms with Crippen LogP contribution in [0.1, 0.15) is 32.1 Å². The van der Waals surface area contributed by atoms with E-state index in [0.717, 1.165) is 37.6 Å². The van der Waals surface area contributed by atoms with E-state index in [1.807, 2.05) is 6.20 Å². The molecule has 2 saturated heterocycles. The SMILES string of the molecule is CN(C)C[C@@H]1C[C@@H]2CN(C(=O)CC3CC3)CC[C@@H]2N1c1nccs1. The molecule has 3 fully saturated rings. The average Bonchev–Trinajstić information content (AvgIpc) is 3.07. The number of likely N-dealkylation sites (tertiary alicyclic amines) is 1. The Morgan fingerprint density at radius 3 is 2.88 bits per heavy atom. The molecule has 2 aliphatic heterocycles. The van der Waals surface area contributed by atoms with E-state index in [-0.39, 0.29) is 0 Å². The number of amides is 1. The number of anilines is 1. The number of fused-ring (bicyclic) bond motifs is 1. The van der Waals surface area contributed by atoms with E-state index >= 15 is 0 Å². The second-order valence-corrected chi connectivity index (χ2v) is 8.85. The maximum absolute atomic E-state index is 12.5. The summed E-state index contributed by atoms with van der Waals surface area (Å²) in [6, 6.07) is 1.06. The zero-order valence-corrected chi connectivity index (χ0v) is 15.5. The molecule has 0 unspecified atom stereocenters. The number of likely N-dealkylation sites (N-methyl/N-ethyl adjacent to an activating group) is 1. The summed E-state index contributed by atoms with van der Waals surface area (Å²) in [7, 11) is 4.29. The molecule has 4 rings (SSSR count). The molecule has 132 valence electrons. The Bertz CT molecular complexity index is 572. The molecule has 24 heavy (non-hydrogen) atoms. The highest BCUT2D eigenvalue weighted by Gasteiger charge is 2.45. The summed E-state index contributed by atoms with van der Waals surface area (Å²) < 4.78 is 0. The van der Waals surface area contributed by atoms with Crippen molar-refractivity contribution in [2.45, 2.75) is 44.2 Å². The van der Waals surface area contributed by atoms with E-state index in [1.54, 1.807) is 11.3 Å². The predicted molar refractivity (Wildman–Crippen MR) is 97.4 cm³/mol. The molecule has 1 aliphatic carbocycles. The molecular weight excluding hydrogens is 320 g/mol. The lowest BCUT2D eigenvalue weighted by atomic mass is 9.92. The first-order valence-corrected chi connectivity index (χ1v) is 10.1. The molecule has 0 spiro atoms. The first-order valence-electron chi connectivity index (χ1n) is 9.22. The summed E-state index contributed by atoms with van der Waals surface area (Å²) in [4.78, 5) is 24.1. The molecule has 6 heteroatoms. The van der Waals surface area contributed by atoms with Gasteiger partial charge in [-0.2, -0.15) is 0 Å². The maximum atomic E-state index is 12.5. The van der Waals surface area contributed by atoms with Crippen molar-refractivity contribution < 1.29 is 4.79 Å². The summed E-state index contributed by atoms with van der Waals surface area (Å²) in [6.07, 6.45) is 7.48. The minimum Gasteiger partial charge on any atom is -0.342 e. The third-order valence-electron chi connectivity index (χ3n) is 5.75. The third-order valence-corrected chi connectivity index (χ3v) is 6.53. The number of piperidine rings is 1. The number of rotatable bonds is 5. The Hall–Kier alpha value is -1.14. The molecule has 0 bridgehead atoms. The molecule has 1 aromatic heterocycles. The van der Waals surface area contributed by atoms with Gasteiger partial charge in [0.25, 0.3) is 0 Å². The monoisotopic (exact) mass is 348 g/mol. The first-order chi connectivity index (χ1) is 11.6. The summed E-state index contributed by atoms with van der Waals surface area (Å²) in [5, 5.41) is 3.23. The lowest BCUT2D eigenvalue weighted by Crippen LogP contribution is -2.49. The Morgan fingerprint density at radius 1 is 1.38 bits per heavy atom. The Morgan fingerprint density at radius 2 is 2.21 bits per heavy atom. The van der Waals surface area contributed by atoms with E-state index in [0.29, 0.717) is 29.8 Å². The van der Waals surface area contributed by atoms with Crippen LogP contribution in [0.5, 0.6) is 0 Å². The van der Waals surface area contributed by atoms with Crippen molar-refractivity contribution in [2.75, 3.05) is 38.6 Å². The zero-order valence-electron chi connectivity index (χ0n) is 14.7. The van der Waals surface area contributed by atoms with Crippen molar-refractivity contribution >= 4 is 22.4 Å². The van der Waals surface area contributed by atoms with Crippen molar-refractivity contribution in [1.82, 2.24) is 14.8 Å². The number of thiazole rings is 1. The van der Waals surface area contributed by atoms with Crippen LogP contribution < -0.4 is 4.90 Å². The van der Waals surface area contributed by atoms with E-state index in [9.17, 15) is 4.79 Å². The highest BCUT2D eigenvalue weighted by Crippen LogP contribution is 2.40. The van der Waals surface area contributed by atoms with Gasteiger partial charge in [-0.05, 0) is 51.6 Å². The highest BCUT2D eigenvalue weighted by molar-refractivity contribution is 7.13. The van der Waals surface area contributed by atoms with Crippen LogP contribution >= 0.6 is 11.3 Å². The largest absolute Gasteiger partial charge is 0.342 e. The third kappa shape index (κ3) is 3.31. The molecule has 1 amide bonds. The molecule has 1 saturated carbocycles. The zero-order chi connectivity index (χ0) is 16.7. The summed E-state index contributed by atoms with van der Waals surface area (Å²) in [5.41, 5.74) is 0. The second kappa shape index (κ2) is 6.64. The van der Waals surface area contributed by atoms with Crippen LogP contribution in [0.4, 0.5) is 5.13 Å². The van der Waals surface area contributed by atoms with Crippen molar-refractivity contribution in [3.05, 3.63) is 11.6 Å². The number of carbonyl (C=O) groups excluding carboxylic acids is 1. The molecule has 5 nitrogen and oxygen atoms in total. The minimum absolute atomic E-state index is 0.396. The van der Waals surface area contributed by atoms with Gasteiger partial charge < -0.3 is 14.7 Å². The van der Waals surface area contributed by atoms with Crippen molar-refractivity contribution in [2.24, 2.45) is 11.8 Å². The Kier molecular flexibility index (Phi) is 4.52. The lowest BCUT2D eigenvalue weighted by Gasteiger charge is -2.39. The minimum atomic E-state index is 0.396. The highest BCUT2D eigenvalue weighted by atomic mass is 32.1. The van der Waals surface area contributed by atoms with Crippen LogP contribution in [0.3, 0.4) is 0 Å². The number of carbonyl (C=O) groups is 1. The van der Waals surface area contributed by atoms with E-state index in [2.05, 4.69) is 39.2 Å². The van der Waals surface area contributed by atoms with Crippen LogP contribution in [-0.2, 0) is 4.79 Å². The number of aromatic nitrogens is 1. The van der Waals surface area contributed by atoms with Gasteiger partial charge in [-0.1, -0.05) is 0 Å². The Labute approximate surface area is 148 Å². The number of hydrogen-bond acceptors (Lipinski definition) is 5. The van der Waals surface area contributed by atoms with Crippen LogP contribution in [0, 0.1) is 11.8 Å². The first kappa shape index (κ1) is 16.3. The van der Waals surface area contributed by atoms with Crippen LogP contribution in [-0.4, -0.2) is 66.5 Å². The summed E-state index contributed by atoms with van der Waals surface area (Å²) in [5.74, 6) is 1.68. The molecule has 0 radical (unpaired) electrons. The van der Waals surface area contributed by atoms with E-state index in [1.165, 1.54) is 19.3 Å². The molecule has 1 aromatic rings. The normalized spacial score (nSPS) is 30.0. The van der Waals surface area contributed by atoms with Gasteiger partial charge in [0.2, 0.25) is 5.91 Å². The molecular formula is C18H28N4OS. The van der Waals surface area contributed by atoms with Gasteiger partial charge in [0.05, 0.1) is 0 Å². The van der Waals surface area contributed by atoms with Crippen molar-refractivity contribution in [3.63, 3.8) is 0 Å². The van der Waals surface area contributed by atoms with Crippen molar-refractivity contribution in [3.8, 4) is 0 Å². The van der Waals surface area contributed by atoms with Crippen LogP contribution in [0.15, 0.2) is 11.6 Å². The summed E-state index contributed by atoms with van der Waals surface area (Å²) in [6.45, 7) is 2.92. The van der Waals surface area contributed by atoms with Crippen molar-refractivity contribution in [1.29, 1.82) is 0 Å². The second-order valence-electron chi connectivity index (χ2n) is 7.98. The number of nitrogens with zero attached hydrogens (tertiary/aromatic N) is 4. The smallest absolute Gasteiger partial charge is 0.222 e. The molecule has 3 atom stereocenters. The molecule has 3 aliphatic rings. The molecule has 0 aromatic carbocycles. The van der Waals surface area contributed by atoms with Gasteiger partial charge in [0.15, 0.2) is 5.13 Å². The summed E-state index contributed by atoms with van der Waals surface area (Å²) >= 11 is 1.75. The average molecular weight is 349 g/mol. The number of hydrogen-bond donors (Lipinski definition) is 0. The van der Waals surface area contributed by atoms with Crippen LogP contribution in [0.2, 0.25) is 0 Å². The lowest BCUT2D eigenvalue weighted by molar-refractivity contribution is -0.133. The fourth-order valence-electron chi connectivity index (χ4n) is 4.50. The van der Waals surface area contributed by atoms with Gasteiger partial charge in [0.1, 0.15) is 0 Å². The quantitative estimate of drug-likeness (QED) is 0.819.